The van der Waals surface area contributed by atoms with E-state index in [4.69, 9.17) is 4.42 Å². The number of furan rings is 1. The molecule has 1 aromatic carbocycles. The number of carbonyl (C=O) groups excluding carboxylic acids is 1. The van der Waals surface area contributed by atoms with E-state index in [0.29, 0.717) is 41.7 Å². The van der Waals surface area contributed by atoms with E-state index in [1.165, 1.54) is 12.1 Å². The van der Waals surface area contributed by atoms with Gasteiger partial charge in [0.1, 0.15) is 17.2 Å². The van der Waals surface area contributed by atoms with Crippen LogP contribution in [0.3, 0.4) is 0 Å². The van der Waals surface area contributed by atoms with Gasteiger partial charge in [-0.2, -0.15) is 0 Å². The van der Waals surface area contributed by atoms with Gasteiger partial charge >= 0.3 is 5.97 Å². The minimum Gasteiger partial charge on any atom is -0.481 e. The molecule has 0 atom stereocenters. The van der Waals surface area contributed by atoms with Crippen LogP contribution in [-0.4, -0.2) is 32.1 Å². The lowest BCUT2D eigenvalue weighted by atomic mass is 10.0. The highest BCUT2D eigenvalue weighted by Crippen LogP contribution is 2.93. The summed E-state index contributed by atoms with van der Waals surface area (Å²) in [6, 6.07) is 8.09. The van der Waals surface area contributed by atoms with Crippen LogP contribution < -0.4 is 5.32 Å². The number of hydrogen-bond donors (Lipinski definition) is 2. The highest BCUT2D eigenvalue weighted by atomic mass is 19.1. The van der Waals surface area contributed by atoms with Crippen LogP contribution in [0.25, 0.3) is 21.9 Å². The number of benzene rings is 1. The molecule has 7 nitrogen and oxygen atoms in total. The quantitative estimate of drug-likeness (QED) is 0.466. The van der Waals surface area contributed by atoms with Crippen LogP contribution in [0.5, 0.6) is 0 Å². The van der Waals surface area contributed by atoms with E-state index in [2.05, 4.69) is 10.3 Å². The normalized spacial score (nSPS) is 26.2. The molecule has 3 fully saturated rings. The maximum Gasteiger partial charge on any atom is 0.310 e. The Balaban J connectivity index is 1.21. The topological polar surface area (TPSA) is 97.4 Å². The fourth-order valence-corrected chi connectivity index (χ4v) is 5.95. The summed E-state index contributed by atoms with van der Waals surface area (Å²) in [7, 11) is 0. The average molecular weight is 445 g/mol. The standard InChI is InChI=1S/C25H20FN3O4/c26-16-1-2-19-15(7-16)8-17(33-19)11-29-6-3-14-9-27-10-18(20(14)29)21(30)28-25(4-5-25)24-12-23(24,13-24)22(31)32/h1-3,6-10H,4-5,11-13H2,(H,28,30)(H,31,32). The monoisotopic (exact) mass is 445 g/mol. The van der Waals surface area contributed by atoms with Gasteiger partial charge < -0.3 is 19.4 Å². The third kappa shape index (κ3) is 2.40. The second-order valence-corrected chi connectivity index (χ2v) is 9.82. The summed E-state index contributed by atoms with van der Waals surface area (Å²) in [5.74, 6) is -0.648. The number of rotatable bonds is 6. The van der Waals surface area contributed by atoms with E-state index in [9.17, 15) is 19.1 Å². The van der Waals surface area contributed by atoms with Gasteiger partial charge in [-0.1, -0.05) is 0 Å². The van der Waals surface area contributed by atoms with Crippen molar-refractivity contribution < 1.29 is 23.5 Å². The Hall–Kier alpha value is -3.68. The minimum absolute atomic E-state index is 0.232. The van der Waals surface area contributed by atoms with Crippen molar-refractivity contribution in [2.45, 2.75) is 37.8 Å². The van der Waals surface area contributed by atoms with Crippen molar-refractivity contribution in [3.05, 3.63) is 66.1 Å². The molecule has 1 amide bonds. The Morgan fingerprint density at radius 1 is 1.15 bits per heavy atom. The fraction of sp³-hybridized carbons (Fsp3) is 0.320. The summed E-state index contributed by atoms with van der Waals surface area (Å²) in [6.45, 7) is 0.376. The molecule has 0 bridgehead atoms. The van der Waals surface area contributed by atoms with Gasteiger partial charge in [-0.15, -0.1) is 0 Å². The Kier molecular flexibility index (Phi) is 3.32. The number of aromatic nitrogens is 2. The molecule has 3 heterocycles. The zero-order valence-electron chi connectivity index (χ0n) is 17.6. The molecule has 0 unspecified atom stereocenters. The number of amides is 1. The summed E-state index contributed by atoms with van der Waals surface area (Å²) in [5.41, 5.74) is 0.484. The van der Waals surface area contributed by atoms with Crippen LogP contribution in [0.2, 0.25) is 0 Å². The molecule has 3 aromatic heterocycles. The van der Waals surface area contributed by atoms with Crippen molar-refractivity contribution in [3.63, 3.8) is 0 Å². The molecule has 7 rings (SSSR count). The summed E-state index contributed by atoms with van der Waals surface area (Å²) < 4.78 is 21.3. The van der Waals surface area contributed by atoms with Crippen molar-refractivity contribution in [2.75, 3.05) is 0 Å². The molecular formula is C25H20FN3O4. The number of hydrogen-bond acceptors (Lipinski definition) is 4. The number of aliphatic carboxylic acids is 1. The first-order valence-electron chi connectivity index (χ1n) is 11.0. The van der Waals surface area contributed by atoms with Gasteiger partial charge in [0.05, 0.1) is 23.0 Å². The second-order valence-electron chi connectivity index (χ2n) is 9.82. The fourth-order valence-electron chi connectivity index (χ4n) is 5.95. The summed E-state index contributed by atoms with van der Waals surface area (Å²) in [6.07, 6.45) is 8.07. The molecule has 0 saturated heterocycles. The predicted molar refractivity (Wildman–Crippen MR) is 116 cm³/mol. The second kappa shape index (κ2) is 5.81. The van der Waals surface area contributed by atoms with Crippen LogP contribution in [0.4, 0.5) is 4.39 Å². The van der Waals surface area contributed by atoms with Gasteiger partial charge in [-0.25, -0.2) is 4.39 Å². The lowest BCUT2D eigenvalue weighted by Gasteiger charge is -2.21. The van der Waals surface area contributed by atoms with Crippen molar-refractivity contribution in [1.29, 1.82) is 0 Å². The minimum atomic E-state index is -0.744. The van der Waals surface area contributed by atoms with Crippen molar-refractivity contribution >= 4 is 33.7 Å². The first-order chi connectivity index (χ1) is 15.9. The van der Waals surface area contributed by atoms with E-state index in [1.807, 2.05) is 16.8 Å². The number of nitrogens with one attached hydrogen (secondary N) is 1. The molecule has 33 heavy (non-hydrogen) atoms. The largest absolute Gasteiger partial charge is 0.481 e. The van der Waals surface area contributed by atoms with Crippen LogP contribution >= 0.6 is 0 Å². The van der Waals surface area contributed by atoms with Gasteiger partial charge in [0, 0.05) is 40.3 Å². The number of carbonyl (C=O) groups is 2. The maximum absolute atomic E-state index is 13.5. The Labute approximate surface area is 187 Å². The number of carboxylic acids is 1. The van der Waals surface area contributed by atoms with Gasteiger partial charge in [0.25, 0.3) is 5.91 Å². The SMILES string of the molecule is O=C(NC1(C23CC2(C(=O)O)C3)CC1)c1cncc2ccn(Cc3cc4cc(F)ccc4o3)c12. The van der Waals surface area contributed by atoms with E-state index >= 15 is 0 Å². The average Bonchev–Trinajstić information content (AvgIpc) is 3.69. The Bertz CT molecular complexity index is 1510. The highest BCUT2D eigenvalue weighted by molar-refractivity contribution is 6.06. The first kappa shape index (κ1) is 18.8. The number of carboxylic acid groups (broad SMARTS) is 1. The number of fused-ring (bicyclic) bond motifs is 3. The smallest absolute Gasteiger partial charge is 0.310 e. The van der Waals surface area contributed by atoms with E-state index < -0.39 is 16.9 Å². The molecule has 4 aromatic rings. The Morgan fingerprint density at radius 3 is 2.70 bits per heavy atom. The molecule has 0 radical (unpaired) electrons. The number of halogens is 1. The molecule has 2 N–H and O–H groups in total. The Morgan fingerprint density at radius 2 is 1.97 bits per heavy atom. The van der Waals surface area contributed by atoms with Crippen molar-refractivity contribution in [2.24, 2.45) is 10.8 Å². The zero-order valence-corrected chi connectivity index (χ0v) is 17.6. The van der Waals surface area contributed by atoms with Crippen LogP contribution in [0, 0.1) is 16.6 Å². The van der Waals surface area contributed by atoms with Gasteiger partial charge in [0.15, 0.2) is 0 Å². The molecule has 0 aliphatic heterocycles. The summed E-state index contributed by atoms with van der Waals surface area (Å²) in [5, 5.41) is 14.3. The molecule has 3 aliphatic rings. The molecule has 8 heteroatoms. The molecule has 0 spiro atoms. The van der Waals surface area contributed by atoms with Crippen molar-refractivity contribution in [3.8, 4) is 0 Å². The zero-order chi connectivity index (χ0) is 22.6. The predicted octanol–water partition coefficient (Wildman–Crippen LogP) is 4.10. The maximum atomic E-state index is 13.5. The number of pyridine rings is 1. The third-order valence-electron chi connectivity index (χ3n) is 8.07. The van der Waals surface area contributed by atoms with E-state index in [-0.39, 0.29) is 17.1 Å². The molecule has 166 valence electrons. The third-order valence-corrected chi connectivity index (χ3v) is 8.07. The summed E-state index contributed by atoms with van der Waals surface area (Å²) in [4.78, 5) is 29.3. The molecule has 3 aliphatic carbocycles. The first-order valence-corrected chi connectivity index (χ1v) is 11.0. The van der Waals surface area contributed by atoms with Crippen LogP contribution in [0.15, 0.2) is 53.3 Å². The van der Waals surface area contributed by atoms with Gasteiger partial charge in [0.2, 0.25) is 0 Å². The van der Waals surface area contributed by atoms with Crippen LogP contribution in [0.1, 0.15) is 41.8 Å². The van der Waals surface area contributed by atoms with E-state index in [0.717, 1.165) is 23.7 Å². The number of nitrogens with zero attached hydrogens (tertiary/aromatic N) is 2. The van der Waals surface area contributed by atoms with Crippen molar-refractivity contribution in [1.82, 2.24) is 14.9 Å². The van der Waals surface area contributed by atoms with Crippen LogP contribution in [-0.2, 0) is 11.3 Å². The molecular weight excluding hydrogens is 425 g/mol. The van der Waals surface area contributed by atoms with Gasteiger partial charge in [-0.3, -0.25) is 14.6 Å². The lowest BCUT2D eigenvalue weighted by Crippen LogP contribution is -2.41. The highest BCUT2D eigenvalue weighted by Gasteiger charge is 2.95. The summed E-state index contributed by atoms with van der Waals surface area (Å²) >= 11 is 0. The van der Waals surface area contributed by atoms with Gasteiger partial charge in [-0.05, 0) is 56.0 Å². The van der Waals surface area contributed by atoms with E-state index in [1.54, 1.807) is 24.5 Å². The molecule has 3 saturated carbocycles. The lowest BCUT2D eigenvalue weighted by molar-refractivity contribution is -0.141.